The molecule has 2 aromatic rings. The summed E-state index contributed by atoms with van der Waals surface area (Å²) in [6, 6.07) is 9.66. The smallest absolute Gasteiger partial charge is 0.224 e. The number of benzene rings is 1. The molecule has 2 rings (SSSR count). The van der Waals surface area contributed by atoms with Gasteiger partial charge in [0, 0.05) is 49.7 Å². The molecule has 0 aliphatic carbocycles. The minimum atomic E-state index is 0.131. The monoisotopic (exact) mass is 331 g/mol. The van der Waals surface area contributed by atoms with E-state index in [1.807, 2.05) is 44.3 Å². The van der Waals surface area contributed by atoms with E-state index in [1.54, 1.807) is 17.3 Å². The average Bonchev–Trinajstić information content (AvgIpc) is 2.56. The fraction of sp³-hybridized carbons (Fsp3) is 0.333. The van der Waals surface area contributed by atoms with Gasteiger partial charge in [0.15, 0.2) is 0 Å². The van der Waals surface area contributed by atoms with Gasteiger partial charge >= 0.3 is 0 Å². The summed E-state index contributed by atoms with van der Waals surface area (Å²) in [7, 11) is 1.84. The molecule has 0 fully saturated rings. The van der Waals surface area contributed by atoms with Gasteiger partial charge in [-0.2, -0.15) is 0 Å². The lowest BCUT2D eigenvalue weighted by molar-refractivity contribution is -0.129. The van der Waals surface area contributed by atoms with Gasteiger partial charge in [0.1, 0.15) is 0 Å². The van der Waals surface area contributed by atoms with Gasteiger partial charge in [0.05, 0.1) is 0 Å². The first-order chi connectivity index (χ1) is 11.1. The molecule has 1 heterocycles. The molecular formula is C18H22ClN3O. The largest absolute Gasteiger partial charge is 0.384 e. The molecule has 0 saturated carbocycles. The van der Waals surface area contributed by atoms with Crippen molar-refractivity contribution in [3.8, 4) is 0 Å². The second kappa shape index (κ2) is 8.53. The number of rotatable bonds is 7. The van der Waals surface area contributed by atoms with Gasteiger partial charge in [-0.15, -0.1) is 0 Å². The molecule has 1 N–H and O–H groups in total. The Kier molecular flexibility index (Phi) is 6.41. The van der Waals surface area contributed by atoms with Crippen molar-refractivity contribution in [3.63, 3.8) is 0 Å². The third-order valence-electron chi connectivity index (χ3n) is 3.76. The highest BCUT2D eigenvalue weighted by molar-refractivity contribution is 6.30. The lowest BCUT2D eigenvalue weighted by Crippen LogP contribution is -2.30. The van der Waals surface area contributed by atoms with Crippen LogP contribution in [0.2, 0.25) is 5.02 Å². The van der Waals surface area contributed by atoms with E-state index in [0.717, 1.165) is 17.7 Å². The van der Waals surface area contributed by atoms with Crippen molar-refractivity contribution >= 4 is 23.2 Å². The molecule has 23 heavy (non-hydrogen) atoms. The zero-order valence-electron chi connectivity index (χ0n) is 13.6. The molecule has 0 aliphatic rings. The van der Waals surface area contributed by atoms with Gasteiger partial charge in [0.2, 0.25) is 5.91 Å². The first-order valence-corrected chi connectivity index (χ1v) is 8.07. The Morgan fingerprint density at radius 3 is 2.74 bits per heavy atom. The van der Waals surface area contributed by atoms with E-state index in [0.29, 0.717) is 24.5 Å². The van der Waals surface area contributed by atoms with Crippen LogP contribution in [-0.4, -0.2) is 35.9 Å². The normalized spacial score (nSPS) is 10.4. The van der Waals surface area contributed by atoms with E-state index in [-0.39, 0.29) is 5.91 Å². The molecule has 1 aromatic heterocycles. The molecule has 0 unspecified atom stereocenters. The molecule has 0 atom stereocenters. The van der Waals surface area contributed by atoms with Gasteiger partial charge in [-0.3, -0.25) is 9.78 Å². The van der Waals surface area contributed by atoms with Gasteiger partial charge in [0.25, 0.3) is 0 Å². The first-order valence-electron chi connectivity index (χ1n) is 7.69. The number of hydrogen-bond donors (Lipinski definition) is 1. The van der Waals surface area contributed by atoms with Crippen LogP contribution in [0, 0.1) is 6.92 Å². The number of nitrogens with zero attached hydrogens (tertiary/aromatic N) is 2. The highest BCUT2D eigenvalue weighted by Gasteiger charge is 2.08. The van der Waals surface area contributed by atoms with Crippen molar-refractivity contribution in [1.29, 1.82) is 0 Å². The van der Waals surface area contributed by atoms with Crippen molar-refractivity contribution in [2.75, 3.05) is 25.5 Å². The van der Waals surface area contributed by atoms with E-state index < -0.39 is 0 Å². The highest BCUT2D eigenvalue weighted by Crippen LogP contribution is 2.20. The van der Waals surface area contributed by atoms with Crippen molar-refractivity contribution in [3.05, 3.63) is 58.9 Å². The molecule has 0 saturated heterocycles. The summed E-state index contributed by atoms with van der Waals surface area (Å²) < 4.78 is 0. The molecule has 1 amide bonds. The van der Waals surface area contributed by atoms with Crippen LogP contribution < -0.4 is 5.32 Å². The van der Waals surface area contributed by atoms with Crippen LogP contribution in [-0.2, 0) is 11.2 Å². The van der Waals surface area contributed by atoms with Crippen LogP contribution in [0.15, 0.2) is 42.7 Å². The number of hydrogen-bond acceptors (Lipinski definition) is 3. The molecule has 5 heteroatoms. The molecule has 1 aromatic carbocycles. The third-order valence-corrected chi connectivity index (χ3v) is 4.00. The fourth-order valence-electron chi connectivity index (χ4n) is 2.25. The summed E-state index contributed by atoms with van der Waals surface area (Å²) in [5, 5.41) is 3.97. The quantitative estimate of drug-likeness (QED) is 0.844. The fourth-order valence-corrected chi connectivity index (χ4v) is 2.42. The van der Waals surface area contributed by atoms with E-state index in [1.165, 1.54) is 5.56 Å². The number of halogens is 1. The summed E-state index contributed by atoms with van der Waals surface area (Å²) in [6.45, 7) is 3.32. The van der Waals surface area contributed by atoms with Crippen LogP contribution in [0.4, 0.5) is 5.69 Å². The lowest BCUT2D eigenvalue weighted by Gasteiger charge is -2.18. The zero-order chi connectivity index (χ0) is 16.7. The standard InChI is InChI=1S/C18H22ClN3O/c1-14-3-4-16(19)13-17(14)21-11-7-18(23)22(2)12-8-15-5-9-20-10-6-15/h3-6,9-10,13,21H,7-8,11-12H2,1-2H3. The van der Waals surface area contributed by atoms with Crippen LogP contribution >= 0.6 is 11.6 Å². The second-order valence-electron chi connectivity index (χ2n) is 5.56. The van der Waals surface area contributed by atoms with Crippen molar-refractivity contribution in [2.24, 2.45) is 0 Å². The number of carbonyl (C=O) groups is 1. The summed E-state index contributed by atoms with van der Waals surface area (Å²) in [6.07, 6.45) is 4.84. The maximum atomic E-state index is 12.2. The minimum Gasteiger partial charge on any atom is -0.384 e. The number of pyridine rings is 1. The van der Waals surface area contributed by atoms with Crippen molar-refractivity contribution < 1.29 is 4.79 Å². The number of carbonyl (C=O) groups excluding carboxylic acids is 1. The van der Waals surface area contributed by atoms with E-state index in [4.69, 9.17) is 11.6 Å². The lowest BCUT2D eigenvalue weighted by atomic mass is 10.2. The molecule has 0 bridgehead atoms. The van der Waals surface area contributed by atoms with Crippen LogP contribution in [0.5, 0.6) is 0 Å². The maximum absolute atomic E-state index is 12.2. The molecule has 122 valence electrons. The van der Waals surface area contributed by atoms with Gasteiger partial charge in [-0.25, -0.2) is 0 Å². The first kappa shape index (κ1) is 17.3. The number of anilines is 1. The Bertz CT molecular complexity index is 646. The highest BCUT2D eigenvalue weighted by atomic mass is 35.5. The number of aromatic nitrogens is 1. The third kappa shape index (κ3) is 5.57. The number of nitrogens with one attached hydrogen (secondary N) is 1. The predicted molar refractivity (Wildman–Crippen MR) is 94.9 cm³/mol. The van der Waals surface area contributed by atoms with Gasteiger partial charge < -0.3 is 10.2 Å². The minimum absolute atomic E-state index is 0.131. The summed E-state index contributed by atoms with van der Waals surface area (Å²) in [4.78, 5) is 17.9. The van der Waals surface area contributed by atoms with Crippen molar-refractivity contribution in [2.45, 2.75) is 19.8 Å². The summed E-state index contributed by atoms with van der Waals surface area (Å²) in [5.74, 6) is 0.131. The summed E-state index contributed by atoms with van der Waals surface area (Å²) in [5.41, 5.74) is 3.28. The Balaban J connectivity index is 1.74. The van der Waals surface area contributed by atoms with Crippen LogP contribution in [0.1, 0.15) is 17.5 Å². The van der Waals surface area contributed by atoms with Gasteiger partial charge in [-0.1, -0.05) is 17.7 Å². The SMILES string of the molecule is Cc1ccc(Cl)cc1NCCC(=O)N(C)CCc1ccncc1. The number of amides is 1. The average molecular weight is 332 g/mol. The van der Waals surface area contributed by atoms with Gasteiger partial charge in [-0.05, 0) is 48.7 Å². The van der Waals surface area contributed by atoms with E-state index >= 15 is 0 Å². The zero-order valence-corrected chi connectivity index (χ0v) is 14.3. The van der Waals surface area contributed by atoms with E-state index in [9.17, 15) is 4.79 Å². The van der Waals surface area contributed by atoms with Crippen LogP contribution in [0.3, 0.4) is 0 Å². The predicted octanol–water partition coefficient (Wildman–Crippen LogP) is 3.55. The molecular weight excluding hydrogens is 310 g/mol. The second-order valence-corrected chi connectivity index (χ2v) is 5.99. The maximum Gasteiger partial charge on any atom is 0.224 e. The number of likely N-dealkylation sites (N-methyl/N-ethyl adjacent to an activating group) is 1. The Hall–Kier alpha value is -2.07. The molecule has 4 nitrogen and oxygen atoms in total. The topological polar surface area (TPSA) is 45.2 Å². The van der Waals surface area contributed by atoms with Crippen LogP contribution in [0.25, 0.3) is 0 Å². The molecule has 0 radical (unpaired) electrons. The number of aryl methyl sites for hydroxylation is 1. The Morgan fingerprint density at radius 2 is 2.00 bits per heavy atom. The molecule has 0 spiro atoms. The Morgan fingerprint density at radius 1 is 1.26 bits per heavy atom. The molecule has 0 aliphatic heterocycles. The Labute approximate surface area is 142 Å². The summed E-state index contributed by atoms with van der Waals surface area (Å²) >= 11 is 5.99. The van der Waals surface area contributed by atoms with E-state index in [2.05, 4.69) is 10.3 Å². The van der Waals surface area contributed by atoms with Crippen molar-refractivity contribution in [1.82, 2.24) is 9.88 Å².